The Morgan fingerprint density at radius 3 is 2.95 bits per heavy atom. The molecule has 0 aromatic carbocycles. The second kappa shape index (κ2) is 4.90. The molecule has 0 saturated heterocycles. The molecule has 0 radical (unpaired) electrons. The number of carbonyl (C=O) groups is 1. The van der Waals surface area contributed by atoms with Crippen LogP contribution in [0.4, 0.5) is 0 Å². The molecule has 1 saturated carbocycles. The van der Waals surface area contributed by atoms with E-state index in [9.17, 15) is 4.79 Å². The Morgan fingerprint density at radius 2 is 2.35 bits per heavy atom. The van der Waals surface area contributed by atoms with E-state index in [-0.39, 0.29) is 11.9 Å². The van der Waals surface area contributed by atoms with Crippen molar-refractivity contribution in [2.45, 2.75) is 31.7 Å². The Balaban J connectivity index is 1.71. The number of carbonyl (C=O) groups excluding carboxylic acids is 1. The van der Waals surface area contributed by atoms with E-state index in [1.54, 1.807) is 14.0 Å². The second-order valence-corrected chi connectivity index (χ2v) is 5.33. The molecule has 1 aliphatic rings. The molecule has 1 atom stereocenters. The number of nitrogens with zero attached hydrogens (tertiary/aromatic N) is 4. The normalized spacial score (nSPS) is 16.1. The van der Waals surface area contributed by atoms with Crippen LogP contribution in [0.5, 0.6) is 0 Å². The summed E-state index contributed by atoms with van der Waals surface area (Å²) in [6.45, 7) is 1.78. The molecule has 20 heavy (non-hydrogen) atoms. The lowest BCUT2D eigenvalue weighted by molar-refractivity contribution is 0.0923. The van der Waals surface area contributed by atoms with E-state index in [1.807, 2.05) is 0 Å². The third-order valence-electron chi connectivity index (χ3n) is 3.23. The molecule has 2 heterocycles. The first-order valence-corrected chi connectivity index (χ1v) is 6.76. The highest BCUT2D eigenvalue weighted by molar-refractivity contribution is 6.33. The van der Waals surface area contributed by atoms with Crippen molar-refractivity contribution in [1.29, 1.82) is 0 Å². The van der Waals surface area contributed by atoms with Gasteiger partial charge in [0.05, 0.1) is 11.2 Å². The van der Waals surface area contributed by atoms with Crippen LogP contribution >= 0.6 is 11.6 Å². The van der Waals surface area contributed by atoms with Crippen molar-refractivity contribution in [2.75, 3.05) is 0 Å². The molecule has 7 nitrogen and oxygen atoms in total. The quantitative estimate of drug-likeness (QED) is 0.930. The summed E-state index contributed by atoms with van der Waals surface area (Å²) < 4.78 is 6.60. The lowest BCUT2D eigenvalue weighted by Gasteiger charge is -2.09. The van der Waals surface area contributed by atoms with Gasteiger partial charge in [0.1, 0.15) is 11.7 Å². The molecule has 1 aliphatic carbocycles. The van der Waals surface area contributed by atoms with Crippen LogP contribution in [-0.4, -0.2) is 25.8 Å². The van der Waals surface area contributed by atoms with Crippen LogP contribution in [0.25, 0.3) is 0 Å². The molecule has 1 N–H and O–H groups in total. The van der Waals surface area contributed by atoms with Gasteiger partial charge in [-0.05, 0) is 19.8 Å². The van der Waals surface area contributed by atoms with Crippen LogP contribution in [0.15, 0.2) is 10.7 Å². The Bertz CT molecular complexity index is 627. The topological polar surface area (TPSA) is 85.8 Å². The summed E-state index contributed by atoms with van der Waals surface area (Å²) >= 11 is 5.93. The van der Waals surface area contributed by atoms with Crippen LogP contribution in [0.2, 0.25) is 5.02 Å². The van der Waals surface area contributed by atoms with E-state index >= 15 is 0 Å². The average molecular weight is 296 g/mol. The molecule has 3 rings (SSSR count). The van der Waals surface area contributed by atoms with Crippen molar-refractivity contribution in [3.63, 3.8) is 0 Å². The summed E-state index contributed by atoms with van der Waals surface area (Å²) in [6, 6.07) is -0.381. The van der Waals surface area contributed by atoms with Gasteiger partial charge in [0.25, 0.3) is 5.91 Å². The lowest BCUT2D eigenvalue weighted by atomic mass is 10.3. The van der Waals surface area contributed by atoms with Gasteiger partial charge in [-0.1, -0.05) is 16.8 Å². The highest BCUT2D eigenvalue weighted by atomic mass is 35.5. The third-order valence-corrected chi connectivity index (χ3v) is 3.50. The van der Waals surface area contributed by atoms with E-state index in [2.05, 4.69) is 20.6 Å². The molecule has 8 heteroatoms. The maximum atomic E-state index is 12.1. The summed E-state index contributed by atoms with van der Waals surface area (Å²) in [4.78, 5) is 16.4. The second-order valence-electron chi connectivity index (χ2n) is 4.92. The number of nitrogens with one attached hydrogen (secondary N) is 1. The summed E-state index contributed by atoms with van der Waals surface area (Å²) in [5.74, 6) is 1.22. The van der Waals surface area contributed by atoms with E-state index < -0.39 is 0 Å². The summed E-state index contributed by atoms with van der Waals surface area (Å²) in [5.41, 5.74) is 0.306. The predicted molar refractivity (Wildman–Crippen MR) is 70.4 cm³/mol. The zero-order chi connectivity index (χ0) is 14.3. The minimum absolute atomic E-state index is 0.306. The maximum absolute atomic E-state index is 12.1. The zero-order valence-electron chi connectivity index (χ0n) is 11.1. The number of halogens is 1. The fourth-order valence-electron chi connectivity index (χ4n) is 1.92. The number of aromatic nitrogens is 4. The first kappa shape index (κ1) is 13.1. The van der Waals surface area contributed by atoms with Crippen molar-refractivity contribution < 1.29 is 9.32 Å². The van der Waals surface area contributed by atoms with Gasteiger partial charge in [-0.25, -0.2) is 0 Å². The molecular formula is C12H14ClN5O2. The fourth-order valence-corrected chi connectivity index (χ4v) is 2.18. The highest BCUT2D eigenvalue weighted by Gasteiger charge is 2.30. The van der Waals surface area contributed by atoms with Crippen LogP contribution in [0.3, 0.4) is 0 Å². The van der Waals surface area contributed by atoms with Gasteiger partial charge in [0, 0.05) is 13.0 Å². The average Bonchev–Trinajstić information content (AvgIpc) is 3.03. The first-order chi connectivity index (χ1) is 9.56. The Morgan fingerprint density at radius 1 is 1.60 bits per heavy atom. The van der Waals surface area contributed by atoms with Crippen LogP contribution in [0.1, 0.15) is 53.9 Å². The standard InChI is InChI=1S/C12H14ClN5O2/c1-6(12-16-10(17-20-12)7-3-4-7)15-11(19)9-8(13)5-14-18(9)2/h5-7H,3-4H2,1-2H3,(H,15,19)/t6-/m0/s1. The molecule has 1 amide bonds. The molecule has 106 valence electrons. The number of aryl methyl sites for hydroxylation is 1. The minimum Gasteiger partial charge on any atom is -0.339 e. The van der Waals surface area contributed by atoms with E-state index in [4.69, 9.17) is 16.1 Å². The van der Waals surface area contributed by atoms with Gasteiger partial charge < -0.3 is 9.84 Å². The molecule has 0 bridgehead atoms. The molecular weight excluding hydrogens is 282 g/mol. The summed E-state index contributed by atoms with van der Waals surface area (Å²) in [7, 11) is 1.66. The number of hydrogen-bond acceptors (Lipinski definition) is 5. The van der Waals surface area contributed by atoms with Gasteiger partial charge in [-0.3, -0.25) is 9.48 Å². The zero-order valence-corrected chi connectivity index (χ0v) is 11.9. The Kier molecular flexibility index (Phi) is 3.21. The lowest BCUT2D eigenvalue weighted by Crippen LogP contribution is -2.28. The van der Waals surface area contributed by atoms with Crippen LogP contribution < -0.4 is 5.32 Å². The summed E-state index contributed by atoms with van der Waals surface area (Å²) in [6.07, 6.45) is 3.63. The number of rotatable bonds is 4. The van der Waals surface area contributed by atoms with E-state index in [0.29, 0.717) is 22.5 Å². The van der Waals surface area contributed by atoms with Crippen molar-refractivity contribution in [1.82, 2.24) is 25.2 Å². The van der Waals surface area contributed by atoms with Crippen LogP contribution in [0, 0.1) is 0 Å². The SMILES string of the molecule is C[C@H](NC(=O)c1c(Cl)cnn1C)c1nc(C2CC2)no1. The van der Waals surface area contributed by atoms with E-state index in [0.717, 1.165) is 18.7 Å². The van der Waals surface area contributed by atoms with Crippen LogP contribution in [-0.2, 0) is 7.05 Å². The van der Waals surface area contributed by atoms with Crippen molar-refractivity contribution in [3.05, 3.63) is 28.6 Å². The van der Waals surface area contributed by atoms with Gasteiger partial charge in [0.15, 0.2) is 5.82 Å². The fraction of sp³-hybridized carbons (Fsp3) is 0.500. The number of hydrogen-bond donors (Lipinski definition) is 1. The molecule has 2 aromatic heterocycles. The largest absolute Gasteiger partial charge is 0.339 e. The van der Waals surface area contributed by atoms with Gasteiger partial charge in [-0.2, -0.15) is 10.1 Å². The van der Waals surface area contributed by atoms with Crippen molar-refractivity contribution >= 4 is 17.5 Å². The van der Waals surface area contributed by atoms with Gasteiger partial charge >= 0.3 is 0 Å². The smallest absolute Gasteiger partial charge is 0.271 e. The van der Waals surface area contributed by atoms with Crippen molar-refractivity contribution in [2.24, 2.45) is 7.05 Å². The summed E-state index contributed by atoms with van der Waals surface area (Å²) in [5, 5.41) is 10.9. The molecule has 2 aromatic rings. The van der Waals surface area contributed by atoms with Gasteiger partial charge in [-0.15, -0.1) is 0 Å². The molecule has 0 aliphatic heterocycles. The molecule has 1 fully saturated rings. The maximum Gasteiger partial charge on any atom is 0.271 e. The number of amides is 1. The monoisotopic (exact) mass is 295 g/mol. The Hall–Kier alpha value is -1.89. The minimum atomic E-state index is -0.381. The Labute approximate surface area is 120 Å². The third kappa shape index (κ3) is 2.40. The van der Waals surface area contributed by atoms with Crippen molar-refractivity contribution in [3.8, 4) is 0 Å². The molecule has 0 unspecified atom stereocenters. The molecule has 0 spiro atoms. The highest BCUT2D eigenvalue weighted by Crippen LogP contribution is 2.38. The first-order valence-electron chi connectivity index (χ1n) is 6.38. The predicted octanol–water partition coefficient (Wildman–Crippen LogP) is 1.82. The van der Waals surface area contributed by atoms with Gasteiger partial charge in [0.2, 0.25) is 5.89 Å². The van der Waals surface area contributed by atoms with E-state index in [1.165, 1.54) is 10.9 Å².